The van der Waals surface area contributed by atoms with E-state index in [0.29, 0.717) is 18.2 Å². The Labute approximate surface area is 268 Å². The predicted molar refractivity (Wildman–Crippen MR) is 172 cm³/mol. The number of likely N-dealkylation sites (tertiary alicyclic amines) is 2. The number of fused-ring (bicyclic) bond motifs is 6. The van der Waals surface area contributed by atoms with Crippen LogP contribution in [0.15, 0.2) is 82.8 Å². The maximum atomic E-state index is 11.5. The maximum Gasteiger partial charge on any atom is 0.156 e. The van der Waals surface area contributed by atoms with E-state index in [2.05, 4.69) is 64.6 Å². The molecule has 8 rings (SSSR count). The van der Waals surface area contributed by atoms with Gasteiger partial charge < -0.3 is 37.8 Å². The second kappa shape index (κ2) is 11.6. The molecule has 1 aromatic rings. The number of benzene rings is 1. The summed E-state index contributed by atoms with van der Waals surface area (Å²) in [4.78, 5) is 0. The van der Waals surface area contributed by atoms with Crippen LogP contribution in [0.1, 0.15) is 38.2 Å². The number of quaternary nitrogens is 2. The van der Waals surface area contributed by atoms with Gasteiger partial charge in [0.1, 0.15) is 48.4 Å². The first-order valence-corrected chi connectivity index (χ1v) is 16.6. The predicted octanol–water partition coefficient (Wildman–Crippen LogP) is 5.54. The summed E-state index contributed by atoms with van der Waals surface area (Å²) in [5, 5.41) is 11.5. The van der Waals surface area contributed by atoms with Crippen LogP contribution in [0.5, 0.6) is 5.75 Å². The molecule has 0 aromatic heterocycles. The largest absolute Gasteiger partial charge is 0.504 e. The molecule has 5 aliphatic heterocycles. The summed E-state index contributed by atoms with van der Waals surface area (Å²) >= 11 is 0. The number of allylic oxidation sites excluding steroid dienone is 4. The lowest BCUT2D eigenvalue weighted by Gasteiger charge is -2.52. The standard InChI is InChI=1S/C37H49N2O6/c1-23-32(41-6)9-7-8-29-28-21-33(31(40)19-25(28)14-16-38(29,2)3)45-37-35-26(20-34-36(37)43-22-42-34)15-17-39(4,5)30(35)18-24-10-12-27(44-23)13-11-24/h7,9-13,19-20,28-30,34-37H,8,14-18,21-22H2,1-6H3/q+1/p+1/b9-7?,32-23-/t28?,29-,30+,34?,35?,36?,37?/m1/s1. The number of aliphatic hydroxyl groups excluding tert-OH is 1. The third-order valence-electron chi connectivity index (χ3n) is 11.6. The van der Waals surface area contributed by atoms with Crippen molar-refractivity contribution in [1.82, 2.24) is 0 Å². The van der Waals surface area contributed by atoms with Crippen LogP contribution in [-0.4, -0.2) is 99.7 Å². The summed E-state index contributed by atoms with van der Waals surface area (Å²) in [6.07, 6.45) is 12.4. The van der Waals surface area contributed by atoms with Crippen LogP contribution >= 0.6 is 0 Å². The Morgan fingerprint density at radius 1 is 0.889 bits per heavy atom. The van der Waals surface area contributed by atoms with Gasteiger partial charge in [0.05, 0.1) is 60.3 Å². The molecule has 8 nitrogen and oxygen atoms in total. The molecular weight excluding hydrogens is 568 g/mol. The lowest BCUT2D eigenvalue weighted by Crippen LogP contribution is -2.63. The summed E-state index contributed by atoms with van der Waals surface area (Å²) in [7, 11) is 11.0. The zero-order chi connectivity index (χ0) is 31.5. The molecule has 0 saturated carbocycles. The zero-order valence-electron chi connectivity index (χ0n) is 27.7. The van der Waals surface area contributed by atoms with Gasteiger partial charge in [-0.1, -0.05) is 35.4 Å². The van der Waals surface area contributed by atoms with Crippen molar-refractivity contribution in [2.75, 3.05) is 55.2 Å². The number of aliphatic hydroxyl groups is 1. The van der Waals surface area contributed by atoms with E-state index in [-0.39, 0.29) is 48.7 Å². The van der Waals surface area contributed by atoms with E-state index in [9.17, 15) is 5.11 Å². The van der Waals surface area contributed by atoms with E-state index in [4.69, 9.17) is 23.7 Å². The molecule has 1 aromatic carbocycles. The van der Waals surface area contributed by atoms with Crippen molar-refractivity contribution in [2.24, 2.45) is 11.8 Å². The highest BCUT2D eigenvalue weighted by Gasteiger charge is 2.55. The number of piperidine rings is 2. The van der Waals surface area contributed by atoms with E-state index in [1.807, 2.05) is 19.1 Å². The SMILES string of the molecule is CO/C1=C(/C)Oc2ccc(cc2)C[C@H]2C3C(=CC4OCOC4C3OC3=C(O)C=C4CC[N+](C)(C)[C@H](CC=C1)C4C3)CC[N+]2(C)C. The molecule has 2 aliphatic carbocycles. The quantitative estimate of drug-likeness (QED) is 0.329. The average Bonchev–Trinajstić information content (AvgIpc) is 3.47. The van der Waals surface area contributed by atoms with E-state index < -0.39 is 0 Å². The Morgan fingerprint density at radius 3 is 2.38 bits per heavy atom. The second-order valence-electron chi connectivity index (χ2n) is 14.9. The summed E-state index contributed by atoms with van der Waals surface area (Å²) < 4.78 is 33.3. The first-order chi connectivity index (χ1) is 21.5. The van der Waals surface area contributed by atoms with E-state index in [1.165, 1.54) is 16.7 Å². The molecule has 7 aliphatic rings. The van der Waals surface area contributed by atoms with Gasteiger partial charge in [0.25, 0.3) is 0 Å². The maximum absolute atomic E-state index is 11.5. The number of ether oxygens (including phenoxy) is 5. The highest BCUT2D eigenvalue weighted by Crippen LogP contribution is 2.47. The van der Waals surface area contributed by atoms with Crippen molar-refractivity contribution in [3.05, 3.63) is 88.3 Å². The van der Waals surface area contributed by atoms with Gasteiger partial charge in [0.2, 0.25) is 0 Å². The smallest absolute Gasteiger partial charge is 0.156 e. The van der Waals surface area contributed by atoms with Crippen molar-refractivity contribution < 1.29 is 37.8 Å². The number of hydrogen-bond donors (Lipinski definition) is 1. The molecule has 5 unspecified atom stereocenters. The van der Waals surface area contributed by atoms with Crippen LogP contribution in [0.4, 0.5) is 0 Å². The van der Waals surface area contributed by atoms with E-state index in [1.54, 1.807) is 7.11 Å². The fourth-order valence-corrected chi connectivity index (χ4v) is 8.83. The summed E-state index contributed by atoms with van der Waals surface area (Å²) in [5.74, 6) is 3.61. The Balaban J connectivity index is 1.34. The van der Waals surface area contributed by atoms with Crippen LogP contribution in [0, 0.1) is 11.8 Å². The Kier molecular flexibility index (Phi) is 7.92. The molecule has 242 valence electrons. The van der Waals surface area contributed by atoms with Crippen molar-refractivity contribution in [3.63, 3.8) is 0 Å². The molecule has 45 heavy (non-hydrogen) atoms. The molecule has 0 radical (unpaired) electrons. The van der Waals surface area contributed by atoms with Crippen molar-refractivity contribution >= 4 is 0 Å². The Hall–Kier alpha value is -3.04. The van der Waals surface area contributed by atoms with Gasteiger partial charge in [0.15, 0.2) is 11.5 Å². The van der Waals surface area contributed by atoms with Crippen LogP contribution in [-0.2, 0) is 25.4 Å². The fourth-order valence-electron chi connectivity index (χ4n) is 8.83. The fraction of sp³-hybridized carbons (Fsp3) is 0.568. The Morgan fingerprint density at radius 2 is 1.62 bits per heavy atom. The van der Waals surface area contributed by atoms with Gasteiger partial charge >= 0.3 is 0 Å². The first kappa shape index (κ1) is 30.6. The number of likely N-dealkylation sites (N-methyl/N-ethyl adjacent to an activating group) is 1. The zero-order valence-corrected chi connectivity index (χ0v) is 27.7. The molecule has 5 heterocycles. The van der Waals surface area contributed by atoms with Crippen LogP contribution in [0.25, 0.3) is 0 Å². The highest BCUT2D eigenvalue weighted by atomic mass is 16.7. The van der Waals surface area contributed by atoms with E-state index in [0.717, 1.165) is 65.0 Å². The molecular formula is C37H50N2O6+2. The summed E-state index contributed by atoms with van der Waals surface area (Å²) in [6, 6.07) is 9.06. The van der Waals surface area contributed by atoms with Gasteiger partial charge in [-0.25, -0.2) is 0 Å². The molecule has 4 bridgehead atoms. The molecule has 1 N–H and O–H groups in total. The minimum Gasteiger partial charge on any atom is -0.504 e. The average molecular weight is 619 g/mol. The topological polar surface area (TPSA) is 66.4 Å². The Bertz CT molecular complexity index is 1470. The highest BCUT2D eigenvalue weighted by molar-refractivity contribution is 5.34. The lowest BCUT2D eigenvalue weighted by molar-refractivity contribution is -0.922. The lowest BCUT2D eigenvalue weighted by atomic mass is 9.71. The molecule has 3 fully saturated rings. The third kappa shape index (κ3) is 5.64. The van der Waals surface area contributed by atoms with Crippen LogP contribution in [0.3, 0.4) is 0 Å². The van der Waals surface area contributed by atoms with Crippen molar-refractivity contribution in [3.8, 4) is 5.75 Å². The van der Waals surface area contributed by atoms with Gasteiger partial charge in [-0.15, -0.1) is 0 Å². The number of nitrogens with zero attached hydrogens (tertiary/aromatic N) is 2. The molecule has 8 heteroatoms. The van der Waals surface area contributed by atoms with Gasteiger partial charge in [0, 0.05) is 38.0 Å². The minimum atomic E-state index is -0.252. The van der Waals surface area contributed by atoms with Crippen molar-refractivity contribution in [1.29, 1.82) is 0 Å². The van der Waals surface area contributed by atoms with Gasteiger partial charge in [-0.3, -0.25) is 0 Å². The first-order valence-electron chi connectivity index (χ1n) is 16.6. The van der Waals surface area contributed by atoms with Gasteiger partial charge in [-0.2, -0.15) is 0 Å². The number of methoxy groups -OCH3 is 1. The summed E-state index contributed by atoms with van der Waals surface area (Å²) in [6.45, 7) is 4.30. The molecule has 0 amide bonds. The molecule has 0 spiro atoms. The van der Waals surface area contributed by atoms with Crippen LogP contribution in [0.2, 0.25) is 0 Å². The van der Waals surface area contributed by atoms with Gasteiger partial charge in [-0.05, 0) is 36.8 Å². The number of rotatable bonds is 1. The summed E-state index contributed by atoms with van der Waals surface area (Å²) in [5.41, 5.74) is 3.98. The van der Waals surface area contributed by atoms with Crippen LogP contribution < -0.4 is 4.74 Å². The number of hydrogen-bond acceptors (Lipinski definition) is 6. The van der Waals surface area contributed by atoms with E-state index >= 15 is 0 Å². The molecule has 3 saturated heterocycles. The monoisotopic (exact) mass is 618 g/mol. The molecule has 7 atom stereocenters. The van der Waals surface area contributed by atoms with Crippen molar-refractivity contribution in [2.45, 2.75) is 69.4 Å². The second-order valence-corrected chi connectivity index (χ2v) is 14.9. The minimum absolute atomic E-state index is 0.125. The normalized spacial score (nSPS) is 37.1. The third-order valence-corrected chi connectivity index (χ3v) is 11.6.